The van der Waals surface area contributed by atoms with Gasteiger partial charge < -0.3 is 18.8 Å². The second-order valence-electron chi connectivity index (χ2n) is 7.91. The summed E-state index contributed by atoms with van der Waals surface area (Å²) in [6, 6.07) is 9.98. The molecule has 1 saturated heterocycles. The highest BCUT2D eigenvalue weighted by Crippen LogP contribution is 2.28. The van der Waals surface area contributed by atoms with E-state index in [1.165, 1.54) is 0 Å². The molecule has 7 nitrogen and oxygen atoms in total. The first-order chi connectivity index (χ1) is 15.0. The molecular formula is C23H22N4O3S. The summed E-state index contributed by atoms with van der Waals surface area (Å²) >= 11 is 1.60. The highest BCUT2D eigenvalue weighted by molar-refractivity contribution is 7.08. The molecule has 0 bridgehead atoms. The van der Waals surface area contributed by atoms with E-state index in [-0.39, 0.29) is 17.8 Å². The molecule has 1 fully saturated rings. The summed E-state index contributed by atoms with van der Waals surface area (Å²) in [5.74, 6) is 2.43. The number of carbonyl (C=O) groups is 1. The number of anilines is 1. The number of thiophene rings is 1. The van der Waals surface area contributed by atoms with Crippen molar-refractivity contribution < 1.29 is 13.9 Å². The van der Waals surface area contributed by atoms with Crippen molar-refractivity contribution in [3.05, 3.63) is 52.9 Å². The maximum absolute atomic E-state index is 11.3. The zero-order chi connectivity index (χ0) is 21.4. The summed E-state index contributed by atoms with van der Waals surface area (Å²) in [6.45, 7) is 5.11. The first kappa shape index (κ1) is 19.7. The van der Waals surface area contributed by atoms with Gasteiger partial charge in [-0.05, 0) is 42.0 Å². The Morgan fingerprint density at radius 3 is 2.77 bits per heavy atom. The fourth-order valence-corrected chi connectivity index (χ4v) is 4.31. The molecule has 31 heavy (non-hydrogen) atoms. The van der Waals surface area contributed by atoms with Gasteiger partial charge >= 0.3 is 0 Å². The van der Waals surface area contributed by atoms with Crippen LogP contribution < -0.4 is 9.64 Å². The molecule has 4 heterocycles. The monoisotopic (exact) mass is 434 g/mol. The lowest BCUT2D eigenvalue weighted by Gasteiger charge is -2.38. The standard InChI is InChI=1S/C23H22N4O3S/c1-14(9-15(2)28)16-3-5-18(6-4-16)29-19-11-27(12-19)23-24-10-20-22(26-23)30-21(25-20)17-7-8-31-13-17/h3-8,10,13-14,19H,9,11-12H2,1-2H3/t14-/m1/s1. The first-order valence-electron chi connectivity index (χ1n) is 10.2. The summed E-state index contributed by atoms with van der Waals surface area (Å²) < 4.78 is 11.9. The van der Waals surface area contributed by atoms with E-state index in [9.17, 15) is 4.79 Å². The molecule has 0 N–H and O–H groups in total. The molecule has 4 aromatic rings. The van der Waals surface area contributed by atoms with Gasteiger partial charge in [-0.15, -0.1) is 0 Å². The lowest BCUT2D eigenvalue weighted by molar-refractivity contribution is -0.117. The molecule has 0 unspecified atom stereocenters. The summed E-state index contributed by atoms with van der Waals surface area (Å²) in [4.78, 5) is 26.8. The smallest absolute Gasteiger partial charge is 0.252 e. The summed E-state index contributed by atoms with van der Waals surface area (Å²) in [6.07, 6.45) is 2.34. The number of hydrogen-bond acceptors (Lipinski definition) is 8. The third-order valence-electron chi connectivity index (χ3n) is 5.38. The molecule has 0 aliphatic carbocycles. The van der Waals surface area contributed by atoms with Gasteiger partial charge in [0.25, 0.3) is 5.71 Å². The van der Waals surface area contributed by atoms with Crippen LogP contribution in [-0.2, 0) is 4.79 Å². The van der Waals surface area contributed by atoms with Crippen LogP contribution in [0.4, 0.5) is 5.95 Å². The minimum atomic E-state index is 0.0795. The van der Waals surface area contributed by atoms with Crippen molar-refractivity contribution in [3.63, 3.8) is 0 Å². The predicted molar refractivity (Wildman–Crippen MR) is 120 cm³/mol. The molecule has 1 aliphatic rings. The van der Waals surface area contributed by atoms with E-state index >= 15 is 0 Å². The average molecular weight is 435 g/mol. The summed E-state index contributed by atoms with van der Waals surface area (Å²) in [5, 5.41) is 3.98. The molecule has 0 spiro atoms. The van der Waals surface area contributed by atoms with E-state index < -0.39 is 0 Å². The Kier molecular flexibility index (Phi) is 5.15. The fraction of sp³-hybridized carbons (Fsp3) is 0.304. The average Bonchev–Trinajstić information content (AvgIpc) is 3.39. The Labute approximate surface area is 183 Å². The SMILES string of the molecule is CC(=O)C[C@@H](C)c1ccc(OC2CN(c3ncc4nc(-c5ccsc5)oc4n3)C2)cc1. The Bertz CT molecular complexity index is 1200. The van der Waals surface area contributed by atoms with Crippen LogP contribution in [0.3, 0.4) is 0 Å². The number of hydrogen-bond donors (Lipinski definition) is 0. The number of rotatable bonds is 7. The van der Waals surface area contributed by atoms with Gasteiger partial charge in [-0.1, -0.05) is 19.1 Å². The Balaban J connectivity index is 1.20. The normalized spacial score (nSPS) is 15.1. The van der Waals surface area contributed by atoms with Gasteiger partial charge in [0, 0.05) is 17.4 Å². The maximum Gasteiger partial charge on any atom is 0.252 e. The molecule has 8 heteroatoms. The topological polar surface area (TPSA) is 81.4 Å². The molecule has 0 radical (unpaired) electrons. The van der Waals surface area contributed by atoms with Crippen LogP contribution in [0.5, 0.6) is 5.75 Å². The van der Waals surface area contributed by atoms with Gasteiger partial charge in [-0.25, -0.2) is 9.97 Å². The van der Waals surface area contributed by atoms with Crippen LogP contribution in [-0.4, -0.2) is 39.9 Å². The number of ether oxygens (including phenoxy) is 1. The van der Waals surface area contributed by atoms with Crippen molar-refractivity contribution in [3.8, 4) is 17.2 Å². The van der Waals surface area contributed by atoms with Gasteiger partial charge in [0.2, 0.25) is 11.8 Å². The van der Waals surface area contributed by atoms with Gasteiger partial charge in [-0.2, -0.15) is 16.3 Å². The van der Waals surface area contributed by atoms with E-state index in [1.54, 1.807) is 24.5 Å². The number of fused-ring (bicyclic) bond motifs is 1. The number of benzene rings is 1. The van der Waals surface area contributed by atoms with Crippen molar-refractivity contribution in [1.29, 1.82) is 0 Å². The molecule has 158 valence electrons. The van der Waals surface area contributed by atoms with E-state index in [1.807, 2.05) is 41.1 Å². The predicted octanol–water partition coefficient (Wildman–Crippen LogP) is 4.70. The maximum atomic E-state index is 11.3. The lowest BCUT2D eigenvalue weighted by Crippen LogP contribution is -2.54. The number of ketones is 1. The molecular weight excluding hydrogens is 412 g/mol. The van der Waals surface area contributed by atoms with Crippen molar-refractivity contribution in [2.45, 2.75) is 32.3 Å². The van der Waals surface area contributed by atoms with Gasteiger partial charge in [0.15, 0.2) is 0 Å². The molecule has 1 aliphatic heterocycles. The fourth-order valence-electron chi connectivity index (χ4n) is 3.68. The van der Waals surface area contributed by atoms with Crippen LogP contribution in [0.1, 0.15) is 31.7 Å². The molecule has 1 aromatic carbocycles. The first-order valence-corrected chi connectivity index (χ1v) is 11.2. The summed E-state index contributed by atoms with van der Waals surface area (Å²) in [7, 11) is 0. The van der Waals surface area contributed by atoms with Crippen molar-refractivity contribution in [2.24, 2.45) is 0 Å². The van der Waals surface area contributed by atoms with E-state index in [2.05, 4.69) is 26.8 Å². The highest BCUT2D eigenvalue weighted by Gasteiger charge is 2.31. The minimum Gasteiger partial charge on any atom is -0.487 e. The number of Topliss-reactive ketones (excluding diaryl/α,β-unsaturated/α-hetero) is 1. The van der Waals surface area contributed by atoms with Gasteiger partial charge in [0.05, 0.1) is 19.3 Å². The van der Waals surface area contributed by atoms with Crippen molar-refractivity contribution in [1.82, 2.24) is 15.0 Å². The zero-order valence-corrected chi connectivity index (χ0v) is 18.1. The van der Waals surface area contributed by atoms with E-state index in [4.69, 9.17) is 9.15 Å². The Hall–Kier alpha value is -3.26. The van der Waals surface area contributed by atoms with Crippen LogP contribution >= 0.6 is 11.3 Å². The number of aromatic nitrogens is 3. The van der Waals surface area contributed by atoms with Crippen LogP contribution in [0.2, 0.25) is 0 Å². The van der Waals surface area contributed by atoms with Crippen molar-refractivity contribution in [2.75, 3.05) is 18.0 Å². The summed E-state index contributed by atoms with van der Waals surface area (Å²) in [5.41, 5.74) is 3.24. The third-order valence-corrected chi connectivity index (χ3v) is 6.07. The van der Waals surface area contributed by atoms with Gasteiger partial charge in [-0.3, -0.25) is 0 Å². The van der Waals surface area contributed by atoms with Crippen LogP contribution in [0.25, 0.3) is 22.7 Å². The molecule has 3 aromatic heterocycles. The molecule has 5 rings (SSSR count). The lowest BCUT2D eigenvalue weighted by atomic mass is 9.96. The molecule has 1 atom stereocenters. The molecule has 0 amide bonds. The van der Waals surface area contributed by atoms with Crippen LogP contribution in [0, 0.1) is 0 Å². The second kappa shape index (κ2) is 8.11. The third kappa shape index (κ3) is 4.16. The van der Waals surface area contributed by atoms with E-state index in [0.717, 1.165) is 16.9 Å². The molecule has 0 saturated carbocycles. The van der Waals surface area contributed by atoms with E-state index in [0.29, 0.717) is 42.6 Å². The highest BCUT2D eigenvalue weighted by atomic mass is 32.1. The number of carbonyl (C=O) groups excluding carboxylic acids is 1. The number of oxazole rings is 1. The van der Waals surface area contributed by atoms with Crippen LogP contribution in [0.15, 0.2) is 51.7 Å². The quantitative estimate of drug-likeness (QED) is 0.417. The zero-order valence-electron chi connectivity index (χ0n) is 17.3. The Morgan fingerprint density at radius 2 is 2.06 bits per heavy atom. The number of nitrogens with zero attached hydrogens (tertiary/aromatic N) is 4. The second-order valence-corrected chi connectivity index (χ2v) is 8.69. The van der Waals surface area contributed by atoms with Gasteiger partial charge in [0.1, 0.15) is 23.2 Å². The Morgan fingerprint density at radius 1 is 1.26 bits per heavy atom. The van der Waals surface area contributed by atoms with Crippen molar-refractivity contribution >= 4 is 34.3 Å². The largest absolute Gasteiger partial charge is 0.487 e. The minimum absolute atomic E-state index is 0.0795.